The largest absolute Gasteiger partial charge is 0.299 e. The van der Waals surface area contributed by atoms with Gasteiger partial charge in [-0.05, 0) is 32.1 Å². The van der Waals surface area contributed by atoms with Gasteiger partial charge < -0.3 is 0 Å². The summed E-state index contributed by atoms with van der Waals surface area (Å²) in [6, 6.07) is 2.33. The van der Waals surface area contributed by atoms with Crippen LogP contribution < -0.4 is 0 Å². The van der Waals surface area contributed by atoms with Crippen molar-refractivity contribution in [3.05, 3.63) is 24.3 Å². The first-order valence-electron chi connectivity index (χ1n) is 6.08. The predicted octanol–water partition coefficient (Wildman–Crippen LogP) is 3.02. The number of Topliss-reactive ketones (excluding diaryl/α,β-unsaturated/α-hetero) is 1. The van der Waals surface area contributed by atoms with Crippen molar-refractivity contribution in [2.75, 3.05) is 0 Å². The summed E-state index contributed by atoms with van der Waals surface area (Å²) in [5.41, 5.74) is 0. The van der Waals surface area contributed by atoms with Crippen molar-refractivity contribution < 1.29 is 4.79 Å². The van der Waals surface area contributed by atoms with Crippen LogP contribution >= 0.6 is 0 Å². The molecule has 3 unspecified atom stereocenters. The normalized spacial score (nSPS) is 34.4. The molecule has 0 saturated carbocycles. The van der Waals surface area contributed by atoms with Crippen LogP contribution in [0.15, 0.2) is 24.3 Å². The Hall–Kier alpha value is -1.36. The first kappa shape index (κ1) is 11.1. The van der Waals surface area contributed by atoms with E-state index in [1.54, 1.807) is 0 Å². The van der Waals surface area contributed by atoms with E-state index < -0.39 is 0 Å². The maximum Gasteiger partial charge on any atom is 0.144 e. The molecular formula is C14H17NO. The van der Waals surface area contributed by atoms with Gasteiger partial charge in [-0.1, -0.05) is 24.3 Å². The van der Waals surface area contributed by atoms with Gasteiger partial charge in [-0.2, -0.15) is 5.26 Å². The third-order valence-corrected chi connectivity index (χ3v) is 3.60. The minimum Gasteiger partial charge on any atom is -0.299 e. The van der Waals surface area contributed by atoms with Crippen LogP contribution in [0.3, 0.4) is 0 Å². The molecule has 2 bridgehead atoms. The van der Waals surface area contributed by atoms with Crippen molar-refractivity contribution in [2.24, 2.45) is 17.8 Å². The summed E-state index contributed by atoms with van der Waals surface area (Å²) in [5.74, 6) is 0.173. The topological polar surface area (TPSA) is 40.9 Å². The summed E-state index contributed by atoms with van der Waals surface area (Å²) in [7, 11) is 0. The average Bonchev–Trinajstić information content (AvgIpc) is 2.41. The average molecular weight is 215 g/mol. The van der Waals surface area contributed by atoms with Crippen LogP contribution in [-0.2, 0) is 4.79 Å². The second-order valence-electron chi connectivity index (χ2n) is 4.64. The number of allylic oxidation sites excluding steroid dienone is 4. The molecule has 2 rings (SSSR count). The number of nitrogens with zero attached hydrogens (tertiary/aromatic N) is 1. The van der Waals surface area contributed by atoms with Crippen LogP contribution in [-0.4, -0.2) is 5.78 Å². The molecule has 2 nitrogen and oxygen atoms in total. The summed E-state index contributed by atoms with van der Waals surface area (Å²) in [4.78, 5) is 12.3. The molecule has 0 saturated heterocycles. The highest BCUT2D eigenvalue weighted by Gasteiger charge is 2.32. The molecule has 0 radical (unpaired) electrons. The van der Waals surface area contributed by atoms with Gasteiger partial charge in [0.15, 0.2) is 0 Å². The number of carbonyl (C=O) groups is 1. The zero-order valence-electron chi connectivity index (χ0n) is 9.43. The first-order chi connectivity index (χ1) is 7.83. The Morgan fingerprint density at radius 2 is 2.00 bits per heavy atom. The highest BCUT2D eigenvalue weighted by molar-refractivity contribution is 5.86. The van der Waals surface area contributed by atoms with Crippen molar-refractivity contribution in [3.8, 4) is 6.07 Å². The number of fused-ring (bicyclic) bond motifs is 2. The van der Waals surface area contributed by atoms with E-state index in [0.717, 1.165) is 32.1 Å². The Morgan fingerprint density at radius 1 is 1.19 bits per heavy atom. The molecule has 2 aliphatic carbocycles. The number of nitriles is 1. The highest BCUT2D eigenvalue weighted by atomic mass is 16.1. The lowest BCUT2D eigenvalue weighted by atomic mass is 9.80. The fourth-order valence-corrected chi connectivity index (χ4v) is 2.63. The summed E-state index contributed by atoms with van der Waals surface area (Å²) < 4.78 is 0. The van der Waals surface area contributed by atoms with Gasteiger partial charge in [0, 0.05) is 11.8 Å². The summed E-state index contributed by atoms with van der Waals surface area (Å²) in [6.45, 7) is 0. The smallest absolute Gasteiger partial charge is 0.144 e. The van der Waals surface area contributed by atoms with E-state index in [-0.39, 0.29) is 23.5 Å². The van der Waals surface area contributed by atoms with Gasteiger partial charge in [0.25, 0.3) is 0 Å². The summed E-state index contributed by atoms with van der Waals surface area (Å²) in [5, 5.41) is 9.17. The highest BCUT2D eigenvalue weighted by Crippen LogP contribution is 2.31. The molecule has 3 atom stereocenters. The quantitative estimate of drug-likeness (QED) is 0.583. The SMILES string of the molecule is N#CC1CCC=CCC2C=CCCC1C2=O. The van der Waals surface area contributed by atoms with Crippen LogP contribution in [0, 0.1) is 29.1 Å². The predicted molar refractivity (Wildman–Crippen MR) is 62.5 cm³/mol. The van der Waals surface area contributed by atoms with Crippen molar-refractivity contribution in [1.82, 2.24) is 0 Å². The summed E-state index contributed by atoms with van der Waals surface area (Å²) in [6.07, 6.45) is 12.7. The van der Waals surface area contributed by atoms with Crippen LogP contribution in [0.1, 0.15) is 32.1 Å². The Balaban J connectivity index is 2.28. The van der Waals surface area contributed by atoms with Crippen molar-refractivity contribution in [1.29, 1.82) is 5.26 Å². The third kappa shape index (κ3) is 2.24. The molecule has 2 heteroatoms. The van der Waals surface area contributed by atoms with Crippen molar-refractivity contribution in [2.45, 2.75) is 32.1 Å². The van der Waals surface area contributed by atoms with E-state index in [1.807, 2.05) is 6.08 Å². The van der Waals surface area contributed by atoms with Gasteiger partial charge in [-0.3, -0.25) is 4.79 Å². The lowest BCUT2D eigenvalue weighted by molar-refractivity contribution is -0.126. The van der Waals surface area contributed by atoms with E-state index >= 15 is 0 Å². The molecule has 0 aromatic rings. The van der Waals surface area contributed by atoms with E-state index in [1.165, 1.54) is 0 Å². The van der Waals surface area contributed by atoms with Gasteiger partial charge in [0.1, 0.15) is 5.78 Å². The monoisotopic (exact) mass is 215 g/mol. The van der Waals surface area contributed by atoms with Crippen LogP contribution in [0.2, 0.25) is 0 Å². The molecule has 0 heterocycles. The molecule has 0 fully saturated rings. The van der Waals surface area contributed by atoms with E-state index in [9.17, 15) is 10.1 Å². The maximum absolute atomic E-state index is 12.3. The lowest BCUT2D eigenvalue weighted by Gasteiger charge is -2.20. The molecule has 84 valence electrons. The number of carbonyl (C=O) groups excluding carboxylic acids is 1. The maximum atomic E-state index is 12.3. The fraction of sp³-hybridized carbons (Fsp3) is 0.571. The number of rotatable bonds is 0. The van der Waals surface area contributed by atoms with Crippen LogP contribution in [0.25, 0.3) is 0 Å². The van der Waals surface area contributed by atoms with Gasteiger partial charge >= 0.3 is 0 Å². The lowest BCUT2D eigenvalue weighted by Crippen LogP contribution is -2.26. The van der Waals surface area contributed by atoms with Gasteiger partial charge in [0.05, 0.1) is 12.0 Å². The van der Waals surface area contributed by atoms with Gasteiger partial charge in [0.2, 0.25) is 0 Å². The van der Waals surface area contributed by atoms with E-state index in [0.29, 0.717) is 0 Å². The molecule has 0 amide bonds. The number of hydrogen-bond acceptors (Lipinski definition) is 2. The van der Waals surface area contributed by atoms with E-state index in [2.05, 4.69) is 24.3 Å². The first-order valence-corrected chi connectivity index (χ1v) is 6.08. The fourth-order valence-electron chi connectivity index (χ4n) is 2.63. The zero-order chi connectivity index (χ0) is 11.4. The Kier molecular flexibility index (Phi) is 3.56. The molecule has 0 aliphatic heterocycles. The molecule has 0 spiro atoms. The van der Waals surface area contributed by atoms with E-state index in [4.69, 9.17) is 0 Å². The number of ketones is 1. The molecule has 0 aromatic heterocycles. The van der Waals surface area contributed by atoms with Crippen molar-refractivity contribution in [3.63, 3.8) is 0 Å². The van der Waals surface area contributed by atoms with Gasteiger partial charge in [-0.25, -0.2) is 0 Å². The molecule has 16 heavy (non-hydrogen) atoms. The second-order valence-corrected chi connectivity index (χ2v) is 4.64. The minimum absolute atomic E-state index is 0.0118. The number of hydrogen-bond donors (Lipinski definition) is 0. The Bertz CT molecular complexity index is 361. The zero-order valence-corrected chi connectivity index (χ0v) is 9.43. The molecule has 0 N–H and O–H groups in total. The molecule has 0 aromatic carbocycles. The van der Waals surface area contributed by atoms with Crippen molar-refractivity contribution >= 4 is 5.78 Å². The summed E-state index contributed by atoms with van der Waals surface area (Å²) >= 11 is 0. The van der Waals surface area contributed by atoms with Crippen LogP contribution in [0.5, 0.6) is 0 Å². The third-order valence-electron chi connectivity index (χ3n) is 3.60. The molecule has 2 aliphatic rings. The Morgan fingerprint density at radius 3 is 2.81 bits per heavy atom. The second kappa shape index (κ2) is 5.12. The van der Waals surface area contributed by atoms with Crippen LogP contribution in [0.4, 0.5) is 0 Å². The van der Waals surface area contributed by atoms with Gasteiger partial charge in [-0.15, -0.1) is 0 Å². The molecular weight excluding hydrogens is 198 g/mol. The standard InChI is InChI=1S/C14H17NO/c15-10-12-8-3-1-2-6-11-7-4-5-9-13(12)14(11)16/h1-2,4,7,11-13H,3,5-6,8-9H2. The minimum atomic E-state index is -0.0855. The Labute approximate surface area is 96.6 Å².